The van der Waals surface area contributed by atoms with Crippen LogP contribution in [0.5, 0.6) is 0 Å². The highest BCUT2D eigenvalue weighted by Gasteiger charge is 2.22. The molecule has 0 aromatic heterocycles. The van der Waals surface area contributed by atoms with Gasteiger partial charge in [0.1, 0.15) is 12.1 Å². The summed E-state index contributed by atoms with van der Waals surface area (Å²) in [6, 6.07) is 6.06. The number of aliphatic hydroxyl groups excluding tert-OH is 1. The van der Waals surface area contributed by atoms with Gasteiger partial charge in [0, 0.05) is 11.6 Å². The summed E-state index contributed by atoms with van der Waals surface area (Å²) in [5.74, 6) is 0.674. The summed E-state index contributed by atoms with van der Waals surface area (Å²) in [6.45, 7) is 10.3. The quantitative estimate of drug-likeness (QED) is 0.779. The maximum atomic E-state index is 9.94. The molecule has 4 nitrogen and oxygen atoms in total. The van der Waals surface area contributed by atoms with E-state index in [2.05, 4.69) is 36.8 Å². The third-order valence-electron chi connectivity index (χ3n) is 3.83. The van der Waals surface area contributed by atoms with E-state index in [1.54, 1.807) is 0 Å². The van der Waals surface area contributed by atoms with Crippen LogP contribution in [0, 0.1) is 5.92 Å². The molecule has 1 unspecified atom stereocenters. The van der Waals surface area contributed by atoms with Crippen LogP contribution in [-0.2, 0) is 5.41 Å². The lowest BCUT2D eigenvalue weighted by molar-refractivity contribution is 0.130. The summed E-state index contributed by atoms with van der Waals surface area (Å²) < 4.78 is 0. The van der Waals surface area contributed by atoms with Gasteiger partial charge in [0.25, 0.3) is 0 Å². The Balaban J connectivity index is 2.45. The van der Waals surface area contributed by atoms with Crippen molar-refractivity contribution in [3.8, 4) is 0 Å². The molecule has 2 atom stereocenters. The van der Waals surface area contributed by atoms with E-state index in [0.717, 1.165) is 22.5 Å². The fraction of sp³-hybridized carbons (Fsp3) is 0.529. The van der Waals surface area contributed by atoms with E-state index >= 15 is 0 Å². The minimum absolute atomic E-state index is 0.0142. The van der Waals surface area contributed by atoms with E-state index in [-0.39, 0.29) is 11.3 Å². The molecular weight excluding hydrogens is 262 g/mol. The topological polar surface area (TPSA) is 71.0 Å². The molecular formula is C17H25N3O. The van der Waals surface area contributed by atoms with Crippen LogP contribution in [0.15, 0.2) is 28.2 Å². The van der Waals surface area contributed by atoms with Gasteiger partial charge in [-0.2, -0.15) is 0 Å². The number of nitrogens with two attached hydrogens (primary N) is 1. The van der Waals surface area contributed by atoms with Gasteiger partial charge in [-0.05, 0) is 42.0 Å². The molecule has 1 aliphatic heterocycles. The first kappa shape index (κ1) is 15.7. The van der Waals surface area contributed by atoms with Crippen molar-refractivity contribution in [2.24, 2.45) is 15.9 Å². The lowest BCUT2D eigenvalue weighted by Crippen LogP contribution is -2.18. The van der Waals surface area contributed by atoms with Crippen molar-refractivity contribution >= 4 is 17.2 Å². The Morgan fingerprint density at radius 3 is 2.57 bits per heavy atom. The molecule has 21 heavy (non-hydrogen) atoms. The van der Waals surface area contributed by atoms with Crippen molar-refractivity contribution < 1.29 is 5.11 Å². The van der Waals surface area contributed by atoms with Gasteiger partial charge in [-0.3, -0.25) is 0 Å². The van der Waals surface area contributed by atoms with Gasteiger partial charge in [-0.15, -0.1) is 0 Å². The molecule has 0 fully saturated rings. The minimum atomic E-state index is -0.679. The van der Waals surface area contributed by atoms with Gasteiger partial charge < -0.3 is 10.8 Å². The molecule has 1 heterocycles. The van der Waals surface area contributed by atoms with Gasteiger partial charge in [-0.25, -0.2) is 9.98 Å². The summed E-state index contributed by atoms with van der Waals surface area (Å²) in [4.78, 5) is 8.75. The molecule has 1 aliphatic rings. The molecule has 4 heteroatoms. The van der Waals surface area contributed by atoms with Gasteiger partial charge in [0.15, 0.2) is 0 Å². The molecule has 0 spiro atoms. The van der Waals surface area contributed by atoms with Crippen molar-refractivity contribution in [3.63, 3.8) is 0 Å². The van der Waals surface area contributed by atoms with Crippen molar-refractivity contribution in [1.29, 1.82) is 0 Å². The number of anilines is 1. The summed E-state index contributed by atoms with van der Waals surface area (Å²) in [5.41, 5.74) is 10.0. The molecule has 0 saturated heterocycles. The highest BCUT2D eigenvalue weighted by molar-refractivity contribution is 6.08. The molecule has 0 saturated carbocycles. The molecule has 3 N–H and O–H groups in total. The smallest absolute Gasteiger partial charge is 0.150 e. The predicted octanol–water partition coefficient (Wildman–Crippen LogP) is 3.13. The Kier molecular flexibility index (Phi) is 4.19. The number of hydrogen-bond acceptors (Lipinski definition) is 4. The van der Waals surface area contributed by atoms with Crippen LogP contribution in [0.4, 0.5) is 5.69 Å². The van der Waals surface area contributed by atoms with Gasteiger partial charge in [0.2, 0.25) is 0 Å². The molecule has 0 amide bonds. The Morgan fingerprint density at radius 1 is 1.29 bits per heavy atom. The number of nitrogens with zero attached hydrogens (tertiary/aromatic N) is 2. The van der Waals surface area contributed by atoms with Gasteiger partial charge in [-0.1, -0.05) is 33.8 Å². The Bertz CT molecular complexity index is 597. The maximum absolute atomic E-state index is 9.94. The number of benzene rings is 1. The highest BCUT2D eigenvalue weighted by atomic mass is 16.3. The molecule has 114 valence electrons. The monoisotopic (exact) mass is 287 g/mol. The van der Waals surface area contributed by atoms with Gasteiger partial charge >= 0.3 is 0 Å². The second kappa shape index (κ2) is 5.60. The van der Waals surface area contributed by atoms with E-state index in [0.29, 0.717) is 12.3 Å². The number of rotatable bonds is 1. The lowest BCUT2D eigenvalue weighted by atomic mass is 9.84. The summed E-state index contributed by atoms with van der Waals surface area (Å²) in [7, 11) is 0. The molecule has 0 aliphatic carbocycles. The fourth-order valence-corrected chi connectivity index (χ4v) is 2.57. The van der Waals surface area contributed by atoms with Crippen molar-refractivity contribution in [1.82, 2.24) is 0 Å². The summed E-state index contributed by atoms with van der Waals surface area (Å²) >= 11 is 0. The Hall–Kier alpha value is -1.68. The first-order chi connectivity index (χ1) is 9.68. The predicted molar refractivity (Wildman–Crippen MR) is 89.0 cm³/mol. The third-order valence-corrected chi connectivity index (χ3v) is 3.83. The fourth-order valence-electron chi connectivity index (χ4n) is 2.57. The molecule has 0 bridgehead atoms. The first-order valence-electron chi connectivity index (χ1n) is 7.39. The van der Waals surface area contributed by atoms with Crippen molar-refractivity contribution in [2.75, 3.05) is 5.73 Å². The van der Waals surface area contributed by atoms with Crippen molar-refractivity contribution in [2.45, 2.75) is 52.7 Å². The second-order valence-corrected chi connectivity index (χ2v) is 6.88. The van der Waals surface area contributed by atoms with E-state index in [1.807, 2.05) is 26.0 Å². The number of hydrogen-bond donors (Lipinski definition) is 2. The van der Waals surface area contributed by atoms with E-state index < -0.39 is 6.23 Å². The molecule has 1 aromatic rings. The van der Waals surface area contributed by atoms with E-state index in [4.69, 9.17) is 5.73 Å². The maximum Gasteiger partial charge on any atom is 0.150 e. The SMILES string of the molecule is CC1=N[C@@H](O)C(C)CC(c2ccc(N)c(C(C)(C)C)c2)=N1. The van der Waals surface area contributed by atoms with Crippen LogP contribution < -0.4 is 5.73 Å². The van der Waals surface area contributed by atoms with Crippen LogP contribution in [0.25, 0.3) is 0 Å². The zero-order chi connectivity index (χ0) is 15.8. The molecule has 2 rings (SSSR count). The van der Waals surface area contributed by atoms with Crippen molar-refractivity contribution in [3.05, 3.63) is 29.3 Å². The zero-order valence-electron chi connectivity index (χ0n) is 13.5. The highest BCUT2D eigenvalue weighted by Crippen LogP contribution is 2.30. The summed E-state index contributed by atoms with van der Waals surface area (Å²) in [5, 5.41) is 9.94. The largest absolute Gasteiger partial charge is 0.398 e. The van der Waals surface area contributed by atoms with E-state index in [9.17, 15) is 5.11 Å². The van der Waals surface area contributed by atoms with Crippen LogP contribution in [0.2, 0.25) is 0 Å². The number of nitrogen functional groups attached to an aromatic ring is 1. The molecule has 1 aromatic carbocycles. The average Bonchev–Trinajstić information content (AvgIpc) is 2.48. The average molecular weight is 287 g/mol. The van der Waals surface area contributed by atoms with Crippen LogP contribution in [0.1, 0.15) is 52.2 Å². The number of aliphatic imine (C=N–C) groups is 2. The third kappa shape index (κ3) is 3.50. The second-order valence-electron chi connectivity index (χ2n) is 6.88. The molecule has 0 radical (unpaired) electrons. The lowest BCUT2D eigenvalue weighted by Gasteiger charge is -2.22. The Morgan fingerprint density at radius 2 is 1.95 bits per heavy atom. The summed E-state index contributed by atoms with van der Waals surface area (Å²) in [6.07, 6.45) is 0.0253. The number of amidine groups is 1. The normalized spacial score (nSPS) is 23.3. The number of aliphatic hydroxyl groups is 1. The van der Waals surface area contributed by atoms with Gasteiger partial charge in [0.05, 0.1) is 5.71 Å². The first-order valence-corrected chi connectivity index (χ1v) is 7.39. The zero-order valence-corrected chi connectivity index (χ0v) is 13.5. The van der Waals surface area contributed by atoms with Crippen LogP contribution in [0.3, 0.4) is 0 Å². The minimum Gasteiger partial charge on any atom is -0.398 e. The van der Waals surface area contributed by atoms with Crippen LogP contribution in [-0.4, -0.2) is 22.9 Å². The standard InChI is InChI=1S/C17H25N3O/c1-10-8-15(19-11(2)20-16(10)21)12-6-7-14(18)13(9-12)17(3,4)5/h6-7,9-10,16,21H,8,18H2,1-5H3/t10?,16-/m0/s1. The van der Waals surface area contributed by atoms with E-state index in [1.165, 1.54) is 0 Å². The van der Waals surface area contributed by atoms with Crippen LogP contribution >= 0.6 is 0 Å². The Labute approximate surface area is 126 Å².